The van der Waals surface area contributed by atoms with Crippen molar-refractivity contribution in [3.63, 3.8) is 0 Å². The number of rotatable bonds is 8. The molecule has 6 heteroatoms. The fraction of sp³-hybridized carbons (Fsp3) is 0.667. The van der Waals surface area contributed by atoms with Gasteiger partial charge in [0.15, 0.2) is 19.9 Å². The molecule has 1 unspecified atom stereocenters. The molecule has 3 atom stereocenters. The molecular weight excluding hydrogens is 376 g/mol. The first-order valence-electron chi connectivity index (χ1n) is 9.77. The van der Waals surface area contributed by atoms with E-state index in [0.29, 0.717) is 18.1 Å². The first-order chi connectivity index (χ1) is 12.5. The summed E-state index contributed by atoms with van der Waals surface area (Å²) in [6, 6.07) is 9.32. The second-order valence-corrected chi connectivity index (χ2v) is 15.0. The van der Waals surface area contributed by atoms with Crippen LogP contribution in [0.3, 0.4) is 0 Å². The van der Waals surface area contributed by atoms with E-state index < -0.39 is 8.32 Å². The number of para-hydroxylation sites is 1. The molecule has 1 aliphatic carbocycles. The van der Waals surface area contributed by atoms with Crippen LogP contribution in [0.4, 0.5) is 0 Å². The fourth-order valence-electron chi connectivity index (χ4n) is 3.10. The van der Waals surface area contributed by atoms with E-state index in [2.05, 4.69) is 47.7 Å². The van der Waals surface area contributed by atoms with E-state index in [1.165, 1.54) is 0 Å². The minimum absolute atomic E-state index is 0.0949. The third-order valence-corrected chi connectivity index (χ3v) is 10.9. The van der Waals surface area contributed by atoms with Crippen molar-refractivity contribution in [2.45, 2.75) is 76.9 Å². The Bertz CT molecular complexity index is 612. The van der Waals surface area contributed by atoms with Crippen molar-refractivity contribution in [2.24, 2.45) is 11.8 Å². The van der Waals surface area contributed by atoms with Gasteiger partial charge in [-0.1, -0.05) is 52.8 Å². The summed E-state index contributed by atoms with van der Waals surface area (Å²) in [7, 11) is -2.00. The van der Waals surface area contributed by atoms with Gasteiger partial charge in [0.25, 0.3) is 0 Å². The van der Waals surface area contributed by atoms with Crippen molar-refractivity contribution in [1.29, 1.82) is 0 Å². The molecule has 0 N–H and O–H groups in total. The maximum atomic E-state index is 12.7. The number of hydrogen-bond donors (Lipinski definition) is 0. The molecule has 1 saturated carbocycles. The molecule has 0 aliphatic heterocycles. The number of carbonyl (C=O) groups is 1. The zero-order chi connectivity index (χ0) is 20.2. The van der Waals surface area contributed by atoms with Crippen LogP contribution < -0.4 is 4.89 Å². The third kappa shape index (κ3) is 6.08. The summed E-state index contributed by atoms with van der Waals surface area (Å²) in [5.41, 5.74) is 0. The van der Waals surface area contributed by atoms with Crippen molar-refractivity contribution < 1.29 is 18.4 Å². The van der Waals surface area contributed by atoms with E-state index in [-0.39, 0.29) is 28.1 Å². The highest BCUT2D eigenvalue weighted by Crippen LogP contribution is 2.44. The summed E-state index contributed by atoms with van der Waals surface area (Å²) >= 11 is 1.10. The Morgan fingerprint density at radius 1 is 1.19 bits per heavy atom. The highest BCUT2D eigenvalue weighted by Gasteiger charge is 2.49. The van der Waals surface area contributed by atoms with Crippen LogP contribution >= 0.6 is 12.0 Å². The van der Waals surface area contributed by atoms with Crippen LogP contribution in [0.5, 0.6) is 5.75 Å². The maximum absolute atomic E-state index is 12.7. The Labute approximate surface area is 169 Å². The Kier molecular flexibility index (Phi) is 7.59. The van der Waals surface area contributed by atoms with Gasteiger partial charge in [0.2, 0.25) is 0 Å². The monoisotopic (exact) mass is 410 g/mol. The SMILES string of the molecule is CC(C)C[C@@H]1CC(=O)C(SOOc2ccccc2)[C@H]1O[Si](C)(C)C(C)(C)C. The minimum Gasteiger partial charge on any atom is -0.412 e. The Hall–Kier alpha value is -0.823. The Morgan fingerprint density at radius 2 is 1.81 bits per heavy atom. The smallest absolute Gasteiger partial charge is 0.192 e. The summed E-state index contributed by atoms with van der Waals surface area (Å²) < 4.78 is 12.1. The van der Waals surface area contributed by atoms with Gasteiger partial charge in [-0.3, -0.25) is 4.79 Å². The van der Waals surface area contributed by atoms with Crippen molar-refractivity contribution in [1.82, 2.24) is 0 Å². The number of hydrogen-bond acceptors (Lipinski definition) is 5. The zero-order valence-electron chi connectivity index (χ0n) is 17.7. The average Bonchev–Trinajstić information content (AvgIpc) is 2.82. The highest BCUT2D eigenvalue weighted by atomic mass is 32.2. The summed E-state index contributed by atoms with van der Waals surface area (Å²) in [6.07, 6.45) is 1.43. The van der Waals surface area contributed by atoms with E-state index in [9.17, 15) is 4.79 Å². The van der Waals surface area contributed by atoms with Gasteiger partial charge >= 0.3 is 0 Å². The molecule has 0 spiro atoms. The zero-order valence-corrected chi connectivity index (χ0v) is 19.5. The quantitative estimate of drug-likeness (QED) is 0.226. The molecule has 1 aromatic carbocycles. The molecule has 152 valence electrons. The van der Waals surface area contributed by atoms with E-state index in [4.69, 9.17) is 13.6 Å². The lowest BCUT2D eigenvalue weighted by atomic mass is 9.94. The van der Waals surface area contributed by atoms with Gasteiger partial charge in [-0.15, -0.1) is 4.33 Å². The number of benzene rings is 1. The first kappa shape index (κ1) is 22.5. The summed E-state index contributed by atoms with van der Waals surface area (Å²) in [5, 5.41) is -0.246. The van der Waals surface area contributed by atoms with Gasteiger partial charge in [-0.25, -0.2) is 0 Å². The van der Waals surface area contributed by atoms with Gasteiger partial charge in [-0.05, 0) is 48.5 Å². The summed E-state index contributed by atoms with van der Waals surface area (Å²) in [6.45, 7) is 15.6. The molecule has 1 aromatic rings. The number of Topliss-reactive ketones (excluding diaryl/α,β-unsaturated/α-hetero) is 1. The van der Waals surface area contributed by atoms with Gasteiger partial charge < -0.3 is 9.31 Å². The predicted molar refractivity (Wildman–Crippen MR) is 114 cm³/mol. The van der Waals surface area contributed by atoms with Crippen LogP contribution in [-0.4, -0.2) is 25.5 Å². The van der Waals surface area contributed by atoms with Crippen LogP contribution in [0.1, 0.15) is 47.5 Å². The van der Waals surface area contributed by atoms with Crippen LogP contribution in [0.2, 0.25) is 18.1 Å². The standard InChI is InChI=1S/C21H34O4SSi/c1-15(2)13-16-14-18(22)20(19(16)24-27(6,7)21(3,4)5)26-25-23-17-11-9-8-10-12-17/h8-12,15-16,19-20H,13-14H2,1-7H3/t16-,19+,20?/m1/s1. The Balaban J connectivity index is 2.10. The third-order valence-electron chi connectivity index (χ3n) is 5.57. The lowest BCUT2D eigenvalue weighted by Gasteiger charge is -2.41. The van der Waals surface area contributed by atoms with E-state index >= 15 is 0 Å². The minimum atomic E-state index is -2.00. The van der Waals surface area contributed by atoms with Crippen LogP contribution in [-0.2, 0) is 13.6 Å². The molecule has 0 radical (unpaired) electrons. The lowest BCUT2D eigenvalue weighted by Crippen LogP contribution is -2.47. The van der Waals surface area contributed by atoms with Crippen molar-refractivity contribution in [3.05, 3.63) is 30.3 Å². The first-order valence-corrected chi connectivity index (χ1v) is 13.5. The van der Waals surface area contributed by atoms with E-state index in [1.54, 1.807) is 0 Å². The molecule has 0 amide bonds. The molecule has 0 bridgehead atoms. The van der Waals surface area contributed by atoms with E-state index in [1.807, 2.05) is 30.3 Å². The molecule has 4 nitrogen and oxygen atoms in total. The van der Waals surface area contributed by atoms with Crippen molar-refractivity contribution in [2.75, 3.05) is 0 Å². The molecule has 0 aromatic heterocycles. The Morgan fingerprint density at radius 3 is 2.37 bits per heavy atom. The van der Waals surface area contributed by atoms with Crippen LogP contribution in [0.25, 0.3) is 0 Å². The lowest BCUT2D eigenvalue weighted by molar-refractivity contribution is -0.118. The molecule has 1 aliphatic rings. The molecule has 2 rings (SSSR count). The largest absolute Gasteiger partial charge is 0.412 e. The normalized spacial score (nSPS) is 23.9. The molecule has 0 saturated heterocycles. The highest BCUT2D eigenvalue weighted by molar-refractivity contribution is 7.96. The number of ketones is 1. The second-order valence-electron chi connectivity index (χ2n) is 9.38. The van der Waals surface area contributed by atoms with E-state index in [0.717, 1.165) is 18.5 Å². The molecule has 0 heterocycles. The van der Waals surface area contributed by atoms with Gasteiger partial charge in [0.1, 0.15) is 5.25 Å². The predicted octanol–water partition coefficient (Wildman–Crippen LogP) is 6.04. The van der Waals surface area contributed by atoms with Gasteiger partial charge in [0.05, 0.1) is 18.1 Å². The van der Waals surface area contributed by atoms with Crippen molar-refractivity contribution in [3.8, 4) is 5.75 Å². The van der Waals surface area contributed by atoms with Gasteiger partial charge in [0, 0.05) is 6.42 Å². The second kappa shape index (κ2) is 9.12. The number of carbonyl (C=O) groups excluding carboxylic acids is 1. The summed E-state index contributed by atoms with van der Waals surface area (Å²) in [5.74, 6) is 1.59. The fourth-order valence-corrected chi connectivity index (χ4v) is 5.36. The van der Waals surface area contributed by atoms with Crippen LogP contribution in [0.15, 0.2) is 30.3 Å². The molecular formula is C21H34O4SSi. The van der Waals surface area contributed by atoms with Gasteiger partial charge in [-0.2, -0.15) is 0 Å². The molecule has 1 fully saturated rings. The molecule has 27 heavy (non-hydrogen) atoms. The van der Waals surface area contributed by atoms with Crippen molar-refractivity contribution >= 4 is 26.1 Å². The summed E-state index contributed by atoms with van der Waals surface area (Å²) in [4.78, 5) is 18.1. The van der Waals surface area contributed by atoms with Crippen LogP contribution in [0, 0.1) is 11.8 Å². The topological polar surface area (TPSA) is 44.8 Å². The maximum Gasteiger partial charge on any atom is 0.192 e. The average molecular weight is 411 g/mol.